The highest BCUT2D eigenvalue weighted by Gasteiger charge is 2.17. The van der Waals surface area contributed by atoms with Gasteiger partial charge in [-0.15, -0.1) is 0 Å². The standard InChI is InChI=1S/C23H27FN4O2/c1-30-20-6-4-19(5-7-20)28-13-11-27(12-14-28)10-2-9-25-23(29)22-16-17-15-18(24)3-8-21(17)26-22/h3-8,15-16,26H,2,9-14H2,1H3,(H,25,29). The molecular formula is C23H27FN4O2. The summed E-state index contributed by atoms with van der Waals surface area (Å²) in [4.78, 5) is 20.2. The molecule has 30 heavy (non-hydrogen) atoms. The van der Waals surface area contributed by atoms with Crippen molar-refractivity contribution in [1.82, 2.24) is 15.2 Å². The maximum atomic E-state index is 13.3. The average molecular weight is 410 g/mol. The molecule has 7 heteroatoms. The molecule has 6 nitrogen and oxygen atoms in total. The van der Waals surface area contributed by atoms with Gasteiger partial charge in [-0.05, 0) is 61.5 Å². The number of hydrogen-bond donors (Lipinski definition) is 2. The number of halogens is 1. The predicted octanol–water partition coefficient (Wildman–Crippen LogP) is 3.26. The van der Waals surface area contributed by atoms with E-state index in [9.17, 15) is 9.18 Å². The minimum absolute atomic E-state index is 0.157. The molecule has 3 aromatic rings. The first-order valence-corrected chi connectivity index (χ1v) is 10.3. The Kier molecular flexibility index (Phi) is 6.18. The number of hydrogen-bond acceptors (Lipinski definition) is 4. The summed E-state index contributed by atoms with van der Waals surface area (Å²) in [5.74, 6) is 0.413. The second-order valence-electron chi connectivity index (χ2n) is 7.55. The van der Waals surface area contributed by atoms with E-state index in [1.807, 2.05) is 12.1 Å². The van der Waals surface area contributed by atoms with E-state index in [0.29, 0.717) is 17.6 Å². The quantitative estimate of drug-likeness (QED) is 0.587. The highest BCUT2D eigenvalue weighted by Crippen LogP contribution is 2.20. The van der Waals surface area contributed by atoms with Gasteiger partial charge in [0.15, 0.2) is 0 Å². The number of methoxy groups -OCH3 is 1. The summed E-state index contributed by atoms with van der Waals surface area (Å²) in [6.07, 6.45) is 0.892. The van der Waals surface area contributed by atoms with Gasteiger partial charge in [-0.1, -0.05) is 0 Å². The Morgan fingerprint density at radius 3 is 2.60 bits per heavy atom. The van der Waals surface area contributed by atoms with E-state index >= 15 is 0 Å². The SMILES string of the molecule is COc1ccc(N2CCN(CCCNC(=O)c3cc4cc(F)ccc4[nH]3)CC2)cc1. The third-order valence-corrected chi connectivity index (χ3v) is 5.57. The largest absolute Gasteiger partial charge is 0.497 e. The topological polar surface area (TPSA) is 60.6 Å². The van der Waals surface area contributed by atoms with Crippen molar-refractivity contribution in [3.63, 3.8) is 0 Å². The number of carbonyl (C=O) groups excluding carboxylic acids is 1. The van der Waals surface area contributed by atoms with Crippen molar-refractivity contribution in [3.8, 4) is 5.75 Å². The van der Waals surface area contributed by atoms with Gasteiger partial charge in [0.2, 0.25) is 0 Å². The summed E-state index contributed by atoms with van der Waals surface area (Å²) in [6, 6.07) is 14.3. The molecule has 0 bridgehead atoms. The van der Waals surface area contributed by atoms with Crippen LogP contribution in [0.15, 0.2) is 48.5 Å². The maximum Gasteiger partial charge on any atom is 0.267 e. The number of nitrogens with zero attached hydrogens (tertiary/aromatic N) is 2. The highest BCUT2D eigenvalue weighted by molar-refractivity contribution is 5.97. The fourth-order valence-electron chi connectivity index (χ4n) is 3.85. The van der Waals surface area contributed by atoms with Gasteiger partial charge in [0.05, 0.1) is 7.11 Å². The number of aromatic amines is 1. The van der Waals surface area contributed by atoms with Crippen LogP contribution in [-0.2, 0) is 0 Å². The summed E-state index contributed by atoms with van der Waals surface area (Å²) >= 11 is 0. The second-order valence-corrected chi connectivity index (χ2v) is 7.55. The van der Waals surface area contributed by atoms with E-state index in [0.717, 1.165) is 50.4 Å². The van der Waals surface area contributed by atoms with Gasteiger partial charge < -0.3 is 19.9 Å². The lowest BCUT2D eigenvalue weighted by Crippen LogP contribution is -2.47. The number of anilines is 1. The molecule has 1 aliphatic heterocycles. The lowest BCUT2D eigenvalue weighted by molar-refractivity contribution is 0.0947. The van der Waals surface area contributed by atoms with Gasteiger partial charge in [-0.2, -0.15) is 0 Å². The minimum atomic E-state index is -0.305. The molecule has 1 saturated heterocycles. The second kappa shape index (κ2) is 9.17. The van der Waals surface area contributed by atoms with E-state index in [1.165, 1.54) is 17.8 Å². The first-order valence-electron chi connectivity index (χ1n) is 10.3. The molecule has 2 heterocycles. The lowest BCUT2D eigenvalue weighted by Gasteiger charge is -2.36. The Morgan fingerprint density at radius 2 is 1.87 bits per heavy atom. The number of aromatic nitrogens is 1. The molecule has 0 aliphatic carbocycles. The number of benzene rings is 2. The van der Waals surface area contributed by atoms with Gasteiger partial charge in [-0.3, -0.25) is 9.69 Å². The number of nitrogens with one attached hydrogen (secondary N) is 2. The van der Waals surface area contributed by atoms with E-state index in [2.05, 4.69) is 32.2 Å². The van der Waals surface area contributed by atoms with Crippen molar-refractivity contribution in [3.05, 3.63) is 60.0 Å². The van der Waals surface area contributed by atoms with Crippen LogP contribution in [0.3, 0.4) is 0 Å². The molecule has 0 spiro atoms. The summed E-state index contributed by atoms with van der Waals surface area (Å²) < 4.78 is 18.5. The van der Waals surface area contributed by atoms with E-state index in [1.54, 1.807) is 19.2 Å². The number of rotatable bonds is 7. The summed E-state index contributed by atoms with van der Waals surface area (Å²) in [5, 5.41) is 3.65. The molecule has 0 atom stereocenters. The van der Waals surface area contributed by atoms with Gasteiger partial charge in [0.25, 0.3) is 5.91 Å². The van der Waals surface area contributed by atoms with Crippen molar-refractivity contribution in [2.24, 2.45) is 0 Å². The van der Waals surface area contributed by atoms with E-state index in [4.69, 9.17) is 4.74 Å². The van der Waals surface area contributed by atoms with Crippen molar-refractivity contribution < 1.29 is 13.9 Å². The Labute approximate surface area is 175 Å². The Bertz CT molecular complexity index is 994. The van der Waals surface area contributed by atoms with Crippen LogP contribution in [0.4, 0.5) is 10.1 Å². The Balaban J connectivity index is 1.18. The van der Waals surface area contributed by atoms with E-state index < -0.39 is 0 Å². The Morgan fingerprint density at radius 1 is 1.10 bits per heavy atom. The molecule has 158 valence electrons. The van der Waals surface area contributed by atoms with Crippen molar-refractivity contribution in [1.29, 1.82) is 0 Å². The van der Waals surface area contributed by atoms with Crippen molar-refractivity contribution in [2.75, 3.05) is 51.3 Å². The molecule has 4 rings (SSSR count). The molecule has 1 aromatic heterocycles. The summed E-state index contributed by atoms with van der Waals surface area (Å²) in [5.41, 5.74) is 2.45. The average Bonchev–Trinajstić information content (AvgIpc) is 3.20. The molecule has 0 saturated carbocycles. The smallest absolute Gasteiger partial charge is 0.267 e. The van der Waals surface area contributed by atoms with Crippen LogP contribution < -0.4 is 15.0 Å². The van der Waals surface area contributed by atoms with Gasteiger partial charge >= 0.3 is 0 Å². The van der Waals surface area contributed by atoms with Crippen LogP contribution >= 0.6 is 0 Å². The fourth-order valence-corrected chi connectivity index (χ4v) is 3.85. The van der Waals surface area contributed by atoms with Gasteiger partial charge in [-0.25, -0.2) is 4.39 Å². The molecular weight excluding hydrogens is 383 g/mol. The number of carbonyl (C=O) groups is 1. The number of piperazine rings is 1. The summed E-state index contributed by atoms with van der Waals surface area (Å²) in [6.45, 7) is 5.56. The fraction of sp³-hybridized carbons (Fsp3) is 0.348. The first-order chi connectivity index (χ1) is 14.6. The van der Waals surface area contributed by atoms with Crippen LogP contribution in [0.5, 0.6) is 5.75 Å². The number of H-pyrrole nitrogens is 1. The van der Waals surface area contributed by atoms with E-state index in [-0.39, 0.29) is 11.7 Å². The zero-order valence-electron chi connectivity index (χ0n) is 17.2. The first kappa shape index (κ1) is 20.2. The third-order valence-electron chi connectivity index (χ3n) is 5.57. The Hall–Kier alpha value is -3.06. The highest BCUT2D eigenvalue weighted by atomic mass is 19.1. The molecule has 2 N–H and O–H groups in total. The number of ether oxygens (including phenoxy) is 1. The van der Waals surface area contributed by atoms with Gasteiger partial charge in [0.1, 0.15) is 17.3 Å². The van der Waals surface area contributed by atoms with Crippen molar-refractivity contribution >= 4 is 22.5 Å². The van der Waals surface area contributed by atoms with Crippen LogP contribution in [0, 0.1) is 5.82 Å². The van der Waals surface area contributed by atoms with Crippen molar-refractivity contribution in [2.45, 2.75) is 6.42 Å². The number of amides is 1. The molecule has 0 unspecified atom stereocenters. The monoisotopic (exact) mass is 410 g/mol. The molecule has 2 aromatic carbocycles. The maximum absolute atomic E-state index is 13.3. The third kappa shape index (κ3) is 4.74. The van der Waals surface area contributed by atoms with Gasteiger partial charge in [0, 0.05) is 49.3 Å². The van der Waals surface area contributed by atoms with Crippen LogP contribution in [0.25, 0.3) is 10.9 Å². The lowest BCUT2D eigenvalue weighted by atomic mass is 10.2. The zero-order chi connectivity index (χ0) is 20.9. The molecule has 1 aliphatic rings. The van der Waals surface area contributed by atoms with Crippen LogP contribution in [0.1, 0.15) is 16.9 Å². The molecule has 1 fully saturated rings. The summed E-state index contributed by atoms with van der Waals surface area (Å²) in [7, 11) is 1.68. The minimum Gasteiger partial charge on any atom is -0.497 e. The normalized spacial score (nSPS) is 14.8. The molecule has 1 amide bonds. The zero-order valence-corrected chi connectivity index (χ0v) is 17.2. The molecule has 0 radical (unpaired) electrons. The number of fused-ring (bicyclic) bond motifs is 1. The van der Waals surface area contributed by atoms with Crippen LogP contribution in [-0.4, -0.2) is 62.2 Å². The predicted molar refractivity (Wildman–Crippen MR) is 117 cm³/mol. The van der Waals surface area contributed by atoms with Crippen LogP contribution in [0.2, 0.25) is 0 Å².